The number of nitrogens with zero attached hydrogens (tertiary/aromatic N) is 2. The van der Waals surface area contributed by atoms with E-state index in [2.05, 4.69) is 32.2 Å². The van der Waals surface area contributed by atoms with Gasteiger partial charge in [-0.15, -0.1) is 11.3 Å². The first kappa shape index (κ1) is 20.0. The van der Waals surface area contributed by atoms with E-state index in [-0.39, 0.29) is 17.0 Å². The quantitative estimate of drug-likeness (QED) is 0.545. The Morgan fingerprint density at radius 1 is 1.39 bits per heavy atom. The maximum Gasteiger partial charge on any atom is 0.269 e. The molecule has 0 radical (unpaired) electrons. The van der Waals surface area contributed by atoms with Crippen LogP contribution in [0.2, 0.25) is 0 Å². The maximum absolute atomic E-state index is 12.6. The lowest BCUT2D eigenvalue weighted by Gasteiger charge is -2.36. The summed E-state index contributed by atoms with van der Waals surface area (Å²) in [5.74, 6) is 0.198. The first-order valence-electron chi connectivity index (χ1n) is 9.37. The molecular weight excluding hydrogens is 374 g/mol. The van der Waals surface area contributed by atoms with Crippen molar-refractivity contribution < 1.29 is 9.72 Å². The molecule has 1 N–H and O–H groups in total. The zero-order chi connectivity index (χ0) is 20.5. The van der Waals surface area contributed by atoms with E-state index < -0.39 is 4.92 Å². The fourth-order valence-corrected chi connectivity index (χ4v) is 4.93. The van der Waals surface area contributed by atoms with E-state index in [1.54, 1.807) is 0 Å². The Hall–Kier alpha value is -2.72. The van der Waals surface area contributed by atoms with Gasteiger partial charge in [-0.05, 0) is 48.3 Å². The van der Waals surface area contributed by atoms with Crippen molar-refractivity contribution in [2.24, 2.45) is 11.3 Å². The number of nitrogens with one attached hydrogen (secondary N) is 1. The second-order valence-corrected chi connectivity index (χ2v) is 8.96. The van der Waals surface area contributed by atoms with E-state index in [4.69, 9.17) is 0 Å². The molecule has 0 bridgehead atoms. The van der Waals surface area contributed by atoms with Gasteiger partial charge in [0.15, 0.2) is 0 Å². The summed E-state index contributed by atoms with van der Waals surface area (Å²) in [4.78, 5) is 24.0. The summed E-state index contributed by atoms with van der Waals surface area (Å²) in [5, 5.41) is 23.8. The standard InChI is InChI=1S/C21H23N3O3S/c1-4-21(2,3)14-7-10-16-17(12-22)20(28-18(16)11-14)23-19(25)13-5-8-15(9-6-13)24(26)27/h5-6,8-9,14H,4,7,10-11H2,1-3H3,(H,23,25)/t14-/m1/s1. The summed E-state index contributed by atoms with van der Waals surface area (Å²) >= 11 is 1.49. The number of thiophene rings is 1. The number of non-ortho nitro benzene ring substituents is 1. The number of benzene rings is 1. The molecule has 2 aromatic rings. The molecule has 1 aliphatic carbocycles. The van der Waals surface area contributed by atoms with Gasteiger partial charge in [0.05, 0.1) is 10.5 Å². The van der Waals surface area contributed by atoms with Gasteiger partial charge in [0, 0.05) is 22.6 Å². The number of fused-ring (bicyclic) bond motifs is 1. The molecule has 0 saturated carbocycles. The van der Waals surface area contributed by atoms with Gasteiger partial charge in [-0.3, -0.25) is 14.9 Å². The van der Waals surface area contributed by atoms with Crippen molar-refractivity contribution in [3.05, 3.63) is 55.9 Å². The highest BCUT2D eigenvalue weighted by Crippen LogP contribution is 2.45. The molecule has 0 unspecified atom stereocenters. The van der Waals surface area contributed by atoms with Gasteiger partial charge in [0.2, 0.25) is 0 Å². The van der Waals surface area contributed by atoms with Crippen LogP contribution in [0.5, 0.6) is 0 Å². The third kappa shape index (κ3) is 3.78. The monoisotopic (exact) mass is 397 g/mol. The smallest absolute Gasteiger partial charge is 0.269 e. The van der Waals surface area contributed by atoms with Crippen LogP contribution in [0.4, 0.5) is 10.7 Å². The van der Waals surface area contributed by atoms with E-state index >= 15 is 0 Å². The number of nitro benzene ring substituents is 1. The average Bonchev–Trinajstić information content (AvgIpc) is 3.03. The molecule has 0 spiro atoms. The molecule has 1 heterocycles. The summed E-state index contributed by atoms with van der Waals surface area (Å²) in [6.45, 7) is 6.79. The molecule has 1 atom stereocenters. The van der Waals surface area contributed by atoms with Crippen LogP contribution in [0.25, 0.3) is 0 Å². The van der Waals surface area contributed by atoms with Crippen LogP contribution < -0.4 is 5.32 Å². The third-order valence-corrected chi connectivity index (χ3v) is 7.13. The number of rotatable bonds is 5. The number of carbonyl (C=O) groups is 1. The van der Waals surface area contributed by atoms with Crippen LogP contribution in [0.3, 0.4) is 0 Å². The highest BCUT2D eigenvalue weighted by atomic mass is 32.1. The second kappa shape index (κ2) is 7.72. The molecule has 3 rings (SSSR count). The minimum Gasteiger partial charge on any atom is -0.312 e. The highest BCUT2D eigenvalue weighted by Gasteiger charge is 2.34. The normalized spacial score (nSPS) is 16.1. The van der Waals surface area contributed by atoms with Crippen LogP contribution in [0.1, 0.15) is 60.0 Å². The van der Waals surface area contributed by atoms with E-state index in [0.717, 1.165) is 31.2 Å². The topological polar surface area (TPSA) is 96.0 Å². The Labute approximate surface area is 168 Å². The number of hydrogen-bond acceptors (Lipinski definition) is 5. The van der Waals surface area contributed by atoms with Crippen molar-refractivity contribution in [2.75, 3.05) is 5.32 Å². The number of anilines is 1. The van der Waals surface area contributed by atoms with Crippen LogP contribution in [0, 0.1) is 32.8 Å². The molecule has 0 aliphatic heterocycles. The molecule has 1 aliphatic rings. The van der Waals surface area contributed by atoms with Crippen molar-refractivity contribution in [1.29, 1.82) is 5.26 Å². The van der Waals surface area contributed by atoms with Gasteiger partial charge in [-0.1, -0.05) is 27.2 Å². The molecule has 0 saturated heterocycles. The lowest BCUT2D eigenvalue weighted by molar-refractivity contribution is -0.384. The lowest BCUT2D eigenvalue weighted by Crippen LogP contribution is -2.28. The molecule has 1 amide bonds. The molecule has 0 fully saturated rings. The largest absolute Gasteiger partial charge is 0.312 e. The third-order valence-electron chi connectivity index (χ3n) is 5.96. The number of nitriles is 1. The highest BCUT2D eigenvalue weighted by molar-refractivity contribution is 7.16. The second-order valence-electron chi connectivity index (χ2n) is 7.86. The summed E-state index contributed by atoms with van der Waals surface area (Å²) in [6, 6.07) is 7.71. The first-order valence-corrected chi connectivity index (χ1v) is 10.2. The van der Waals surface area contributed by atoms with Crippen molar-refractivity contribution in [3.63, 3.8) is 0 Å². The fraction of sp³-hybridized carbons (Fsp3) is 0.429. The zero-order valence-corrected chi connectivity index (χ0v) is 17.1. The molecule has 1 aromatic carbocycles. The van der Waals surface area contributed by atoms with Gasteiger partial charge in [0.25, 0.3) is 11.6 Å². The summed E-state index contributed by atoms with van der Waals surface area (Å²) in [5.41, 5.74) is 2.13. The van der Waals surface area contributed by atoms with Crippen molar-refractivity contribution >= 4 is 27.9 Å². The Balaban J connectivity index is 1.83. The van der Waals surface area contributed by atoms with Gasteiger partial charge >= 0.3 is 0 Å². The number of hydrogen-bond donors (Lipinski definition) is 1. The molecule has 28 heavy (non-hydrogen) atoms. The number of nitro groups is 1. The van der Waals surface area contributed by atoms with Crippen molar-refractivity contribution in [1.82, 2.24) is 0 Å². The van der Waals surface area contributed by atoms with Gasteiger partial charge in [-0.25, -0.2) is 0 Å². The maximum atomic E-state index is 12.6. The fourth-order valence-electron chi connectivity index (χ4n) is 3.66. The van der Waals surface area contributed by atoms with Gasteiger partial charge in [0.1, 0.15) is 11.1 Å². The molecule has 6 nitrogen and oxygen atoms in total. The molecular formula is C21H23N3O3S. The van der Waals surface area contributed by atoms with Crippen LogP contribution in [-0.2, 0) is 12.8 Å². The van der Waals surface area contributed by atoms with Crippen molar-refractivity contribution in [3.8, 4) is 6.07 Å². The van der Waals surface area contributed by atoms with E-state index in [0.29, 0.717) is 22.0 Å². The summed E-state index contributed by atoms with van der Waals surface area (Å²) in [6.07, 6.45) is 3.95. The van der Waals surface area contributed by atoms with Crippen molar-refractivity contribution in [2.45, 2.75) is 46.5 Å². The van der Waals surface area contributed by atoms with Crippen LogP contribution >= 0.6 is 11.3 Å². The molecule has 7 heteroatoms. The van der Waals surface area contributed by atoms with E-state index in [1.165, 1.54) is 40.5 Å². The summed E-state index contributed by atoms with van der Waals surface area (Å²) < 4.78 is 0. The van der Waals surface area contributed by atoms with Crippen LogP contribution in [0.15, 0.2) is 24.3 Å². The predicted octanol–water partition coefficient (Wildman–Crippen LogP) is 5.32. The number of carbonyl (C=O) groups excluding carboxylic acids is 1. The molecule has 146 valence electrons. The average molecular weight is 398 g/mol. The Morgan fingerprint density at radius 3 is 2.64 bits per heavy atom. The van der Waals surface area contributed by atoms with E-state index in [1.807, 2.05) is 0 Å². The lowest BCUT2D eigenvalue weighted by atomic mass is 9.69. The predicted molar refractivity (Wildman–Crippen MR) is 110 cm³/mol. The Morgan fingerprint density at radius 2 is 2.07 bits per heavy atom. The Bertz CT molecular complexity index is 955. The minimum absolute atomic E-state index is 0.0644. The van der Waals surface area contributed by atoms with Gasteiger partial charge in [-0.2, -0.15) is 5.26 Å². The molecule has 1 aromatic heterocycles. The zero-order valence-electron chi connectivity index (χ0n) is 16.2. The first-order chi connectivity index (χ1) is 13.3. The summed E-state index contributed by atoms with van der Waals surface area (Å²) in [7, 11) is 0. The minimum atomic E-state index is -0.503. The number of amides is 1. The van der Waals surface area contributed by atoms with Crippen LogP contribution in [-0.4, -0.2) is 10.8 Å². The van der Waals surface area contributed by atoms with E-state index in [9.17, 15) is 20.2 Å². The van der Waals surface area contributed by atoms with Gasteiger partial charge < -0.3 is 5.32 Å². The Kier molecular flexibility index (Phi) is 5.52. The SMILES string of the molecule is CCC(C)(C)[C@@H]1CCc2c(sc(NC(=O)c3ccc([N+](=O)[O-])cc3)c2C#N)C1.